The fourth-order valence-electron chi connectivity index (χ4n) is 3.79. The van der Waals surface area contributed by atoms with Crippen molar-refractivity contribution in [3.63, 3.8) is 0 Å². The van der Waals surface area contributed by atoms with E-state index < -0.39 is 0 Å². The summed E-state index contributed by atoms with van der Waals surface area (Å²) in [6.07, 6.45) is 4.42. The highest BCUT2D eigenvalue weighted by Gasteiger charge is 2.61. The number of aryl methyl sites for hydroxylation is 1. The maximum atomic E-state index is 12.8. The summed E-state index contributed by atoms with van der Waals surface area (Å²) in [6.45, 7) is 4.39. The van der Waals surface area contributed by atoms with Crippen molar-refractivity contribution < 1.29 is 4.79 Å². The Hall–Kier alpha value is -1.35. The van der Waals surface area contributed by atoms with E-state index in [1.54, 1.807) is 0 Å². The standard InChI is InChI=1S/C17H22N2O/c1-11-4-3-5-13(8-11)15-18-17(6-7-17)16(20)19(15)14-9-12(2)10-14/h3-5,8,12,14-15,18H,6-7,9-10H2,1-2H3. The molecule has 20 heavy (non-hydrogen) atoms. The van der Waals surface area contributed by atoms with Gasteiger partial charge in [-0.1, -0.05) is 36.8 Å². The van der Waals surface area contributed by atoms with Gasteiger partial charge in [0.15, 0.2) is 0 Å². The molecule has 0 bridgehead atoms. The summed E-state index contributed by atoms with van der Waals surface area (Å²) in [6, 6.07) is 9.00. The number of nitrogens with zero attached hydrogens (tertiary/aromatic N) is 1. The zero-order valence-electron chi connectivity index (χ0n) is 12.2. The van der Waals surface area contributed by atoms with Gasteiger partial charge in [-0.15, -0.1) is 0 Å². The van der Waals surface area contributed by atoms with Gasteiger partial charge in [-0.25, -0.2) is 0 Å². The molecule has 1 spiro atoms. The average Bonchev–Trinajstić information content (AvgIpc) is 3.10. The highest BCUT2D eigenvalue weighted by molar-refractivity contribution is 5.92. The van der Waals surface area contributed by atoms with Gasteiger partial charge in [-0.05, 0) is 44.1 Å². The van der Waals surface area contributed by atoms with E-state index in [0.29, 0.717) is 11.9 Å². The van der Waals surface area contributed by atoms with Crippen molar-refractivity contribution in [2.45, 2.75) is 57.3 Å². The number of amides is 1. The second-order valence-electron chi connectivity index (χ2n) is 6.99. The fraction of sp³-hybridized carbons (Fsp3) is 0.588. The Bertz CT molecular complexity index is 558. The predicted molar refractivity (Wildman–Crippen MR) is 78.1 cm³/mol. The maximum Gasteiger partial charge on any atom is 0.244 e. The Morgan fingerprint density at radius 1 is 1.30 bits per heavy atom. The van der Waals surface area contributed by atoms with Crippen molar-refractivity contribution in [1.82, 2.24) is 10.2 Å². The van der Waals surface area contributed by atoms with Crippen LogP contribution in [0.2, 0.25) is 0 Å². The van der Waals surface area contributed by atoms with Gasteiger partial charge in [0.05, 0.1) is 0 Å². The van der Waals surface area contributed by atoms with Gasteiger partial charge < -0.3 is 4.90 Å². The lowest BCUT2D eigenvalue weighted by Crippen LogP contribution is -2.47. The fourth-order valence-corrected chi connectivity index (χ4v) is 3.79. The first-order chi connectivity index (χ1) is 9.59. The Balaban J connectivity index is 1.67. The van der Waals surface area contributed by atoms with Crippen molar-refractivity contribution >= 4 is 5.91 Å². The molecular weight excluding hydrogens is 248 g/mol. The van der Waals surface area contributed by atoms with Crippen LogP contribution < -0.4 is 5.32 Å². The third-order valence-electron chi connectivity index (χ3n) is 5.19. The lowest BCUT2D eigenvalue weighted by Gasteiger charge is -2.42. The Kier molecular flexibility index (Phi) is 2.53. The van der Waals surface area contributed by atoms with E-state index in [0.717, 1.165) is 31.6 Å². The zero-order chi connectivity index (χ0) is 13.9. The maximum absolute atomic E-state index is 12.8. The molecule has 106 valence electrons. The van der Waals surface area contributed by atoms with E-state index in [1.165, 1.54) is 11.1 Å². The molecule has 1 heterocycles. The Morgan fingerprint density at radius 2 is 2.05 bits per heavy atom. The van der Waals surface area contributed by atoms with Gasteiger partial charge in [0.25, 0.3) is 0 Å². The summed E-state index contributed by atoms with van der Waals surface area (Å²) in [5.41, 5.74) is 2.28. The lowest BCUT2D eigenvalue weighted by molar-refractivity contribution is -0.135. The van der Waals surface area contributed by atoms with E-state index in [9.17, 15) is 4.79 Å². The van der Waals surface area contributed by atoms with Gasteiger partial charge in [0.1, 0.15) is 11.7 Å². The molecule has 4 rings (SSSR count). The molecule has 3 aliphatic rings. The second-order valence-corrected chi connectivity index (χ2v) is 6.99. The van der Waals surface area contributed by atoms with Crippen LogP contribution in [0.5, 0.6) is 0 Å². The quantitative estimate of drug-likeness (QED) is 0.896. The third-order valence-corrected chi connectivity index (χ3v) is 5.19. The summed E-state index contributed by atoms with van der Waals surface area (Å²) in [5.74, 6) is 1.11. The Labute approximate surface area is 120 Å². The largest absolute Gasteiger partial charge is 0.318 e. The molecule has 2 saturated carbocycles. The summed E-state index contributed by atoms with van der Waals surface area (Å²) >= 11 is 0. The number of carbonyl (C=O) groups excluding carboxylic acids is 1. The van der Waals surface area contributed by atoms with Crippen LogP contribution in [0.15, 0.2) is 24.3 Å². The van der Waals surface area contributed by atoms with Gasteiger partial charge in [-0.3, -0.25) is 10.1 Å². The van der Waals surface area contributed by atoms with Crippen LogP contribution in [0.4, 0.5) is 0 Å². The first-order valence-electron chi connectivity index (χ1n) is 7.76. The number of rotatable bonds is 2. The topological polar surface area (TPSA) is 32.3 Å². The van der Waals surface area contributed by atoms with Crippen LogP contribution in [0.3, 0.4) is 0 Å². The minimum atomic E-state index is -0.215. The minimum Gasteiger partial charge on any atom is -0.318 e. The van der Waals surface area contributed by atoms with E-state index in [4.69, 9.17) is 0 Å². The van der Waals surface area contributed by atoms with Crippen molar-refractivity contribution in [3.8, 4) is 0 Å². The van der Waals surface area contributed by atoms with E-state index in [-0.39, 0.29) is 11.7 Å². The molecule has 1 aromatic rings. The Morgan fingerprint density at radius 3 is 2.65 bits per heavy atom. The minimum absolute atomic E-state index is 0.0856. The van der Waals surface area contributed by atoms with Gasteiger partial charge in [-0.2, -0.15) is 0 Å². The molecule has 1 atom stereocenters. The van der Waals surface area contributed by atoms with Crippen molar-refractivity contribution in [1.29, 1.82) is 0 Å². The van der Waals surface area contributed by atoms with E-state index in [1.807, 2.05) is 0 Å². The molecule has 1 unspecified atom stereocenters. The van der Waals surface area contributed by atoms with Crippen LogP contribution >= 0.6 is 0 Å². The molecule has 3 heteroatoms. The molecule has 1 amide bonds. The van der Waals surface area contributed by atoms with Crippen LogP contribution in [0, 0.1) is 12.8 Å². The van der Waals surface area contributed by atoms with Gasteiger partial charge >= 0.3 is 0 Å². The summed E-state index contributed by atoms with van der Waals surface area (Å²) in [5, 5.41) is 3.63. The molecular formula is C17H22N2O. The van der Waals surface area contributed by atoms with E-state index in [2.05, 4.69) is 48.3 Å². The molecule has 3 fully saturated rings. The van der Waals surface area contributed by atoms with Crippen LogP contribution in [0.1, 0.15) is 49.9 Å². The first-order valence-corrected chi connectivity index (χ1v) is 7.76. The van der Waals surface area contributed by atoms with Crippen molar-refractivity contribution in [2.75, 3.05) is 0 Å². The number of benzene rings is 1. The normalized spacial score (nSPS) is 34.4. The molecule has 0 radical (unpaired) electrons. The molecule has 1 aliphatic heterocycles. The predicted octanol–water partition coefficient (Wildman–Crippen LogP) is 2.76. The summed E-state index contributed by atoms with van der Waals surface area (Å²) < 4.78 is 0. The second kappa shape index (κ2) is 4.08. The zero-order valence-corrected chi connectivity index (χ0v) is 12.2. The summed E-state index contributed by atoms with van der Waals surface area (Å²) in [7, 11) is 0. The van der Waals surface area contributed by atoms with Crippen LogP contribution in [-0.2, 0) is 4.79 Å². The highest BCUT2D eigenvalue weighted by Crippen LogP contribution is 2.49. The number of hydrogen-bond donors (Lipinski definition) is 1. The third kappa shape index (κ3) is 1.72. The lowest BCUT2D eigenvalue weighted by atomic mass is 9.80. The number of hydrogen-bond acceptors (Lipinski definition) is 2. The number of carbonyl (C=O) groups is 1. The average molecular weight is 270 g/mol. The smallest absolute Gasteiger partial charge is 0.244 e. The molecule has 3 nitrogen and oxygen atoms in total. The van der Waals surface area contributed by atoms with Crippen LogP contribution in [-0.4, -0.2) is 22.4 Å². The number of nitrogens with one attached hydrogen (secondary N) is 1. The van der Waals surface area contributed by atoms with E-state index >= 15 is 0 Å². The van der Waals surface area contributed by atoms with Gasteiger partial charge in [0.2, 0.25) is 5.91 Å². The van der Waals surface area contributed by atoms with Gasteiger partial charge in [0, 0.05) is 6.04 Å². The first kappa shape index (κ1) is 12.4. The monoisotopic (exact) mass is 270 g/mol. The highest BCUT2D eigenvalue weighted by atomic mass is 16.2. The molecule has 1 aromatic carbocycles. The summed E-state index contributed by atoms with van der Waals surface area (Å²) in [4.78, 5) is 14.9. The molecule has 0 aromatic heterocycles. The molecule has 1 saturated heterocycles. The van der Waals surface area contributed by atoms with Crippen molar-refractivity contribution in [3.05, 3.63) is 35.4 Å². The SMILES string of the molecule is Cc1cccc(C2NC3(CC3)C(=O)N2C2CC(C)C2)c1. The van der Waals surface area contributed by atoms with Crippen LogP contribution in [0.25, 0.3) is 0 Å². The van der Waals surface area contributed by atoms with Crippen molar-refractivity contribution in [2.24, 2.45) is 5.92 Å². The molecule has 2 aliphatic carbocycles. The molecule has 1 N–H and O–H groups in total.